The molecule has 0 aromatic heterocycles. The van der Waals surface area contributed by atoms with Crippen LogP contribution in [0.25, 0.3) is 0 Å². The molecule has 1 aromatic carbocycles. The summed E-state index contributed by atoms with van der Waals surface area (Å²) < 4.78 is 11.3. The molecule has 0 saturated carbocycles. The number of halogens is 1. The first-order valence-electron chi connectivity index (χ1n) is 9.45. The number of hydrogen-bond acceptors (Lipinski definition) is 4. The highest BCUT2D eigenvalue weighted by molar-refractivity contribution is 14.0. The minimum atomic E-state index is -0.0493. The van der Waals surface area contributed by atoms with Crippen molar-refractivity contribution in [2.24, 2.45) is 4.99 Å². The predicted octanol–water partition coefficient (Wildman–Crippen LogP) is 2.43. The van der Waals surface area contributed by atoms with Crippen LogP contribution in [0.2, 0.25) is 0 Å². The quantitative estimate of drug-likeness (QED) is 0.209. The van der Waals surface area contributed by atoms with Gasteiger partial charge < -0.3 is 25.0 Å². The molecule has 28 heavy (non-hydrogen) atoms. The summed E-state index contributed by atoms with van der Waals surface area (Å²) in [7, 11) is 3.44. The molecule has 8 heteroatoms. The maximum Gasteiger partial charge on any atom is 0.243 e. The largest absolute Gasteiger partial charge is 0.489 e. The molecule has 1 atom stereocenters. The molecule has 0 aliphatic rings. The lowest BCUT2D eigenvalue weighted by atomic mass is 10.2. The number of likely N-dealkylation sites (N-methyl/N-ethyl adjacent to an activating group) is 1. The fraction of sp³-hybridized carbons (Fsp3) is 0.600. The first kappa shape index (κ1) is 26.4. The van der Waals surface area contributed by atoms with Crippen LogP contribution < -0.4 is 15.4 Å². The number of carbonyl (C=O) groups excluding carboxylic acids is 1. The van der Waals surface area contributed by atoms with Crippen molar-refractivity contribution in [2.45, 2.75) is 33.3 Å². The second-order valence-corrected chi connectivity index (χ2v) is 6.56. The van der Waals surface area contributed by atoms with E-state index >= 15 is 0 Å². The fourth-order valence-corrected chi connectivity index (χ4v) is 2.19. The number of guanidine groups is 1. The number of nitrogens with zero attached hydrogens (tertiary/aromatic N) is 2. The molecule has 0 aliphatic heterocycles. The van der Waals surface area contributed by atoms with Gasteiger partial charge >= 0.3 is 0 Å². The van der Waals surface area contributed by atoms with Crippen molar-refractivity contribution < 1.29 is 14.3 Å². The van der Waals surface area contributed by atoms with E-state index in [1.807, 2.05) is 45.0 Å². The highest BCUT2D eigenvalue weighted by Crippen LogP contribution is 2.13. The van der Waals surface area contributed by atoms with Gasteiger partial charge in [-0.1, -0.05) is 12.1 Å². The van der Waals surface area contributed by atoms with Crippen LogP contribution in [-0.4, -0.2) is 69.8 Å². The molecule has 0 heterocycles. The zero-order chi connectivity index (χ0) is 20.1. The Balaban J connectivity index is 0.00000729. The van der Waals surface area contributed by atoms with Crippen LogP contribution in [0.15, 0.2) is 29.3 Å². The van der Waals surface area contributed by atoms with E-state index in [1.54, 1.807) is 14.1 Å². The normalized spacial score (nSPS) is 12.0. The van der Waals surface area contributed by atoms with Crippen LogP contribution in [0.5, 0.6) is 5.75 Å². The predicted molar refractivity (Wildman–Crippen MR) is 125 cm³/mol. The summed E-state index contributed by atoms with van der Waals surface area (Å²) in [6.45, 7) is 8.80. The van der Waals surface area contributed by atoms with Crippen molar-refractivity contribution in [3.63, 3.8) is 0 Å². The molecule has 0 aliphatic carbocycles. The number of amides is 1. The Morgan fingerprint density at radius 1 is 1.29 bits per heavy atom. The number of aryl methyl sites for hydroxylation is 1. The van der Waals surface area contributed by atoms with Gasteiger partial charge in [-0.3, -0.25) is 4.79 Å². The molecule has 7 nitrogen and oxygen atoms in total. The van der Waals surface area contributed by atoms with Crippen molar-refractivity contribution in [1.29, 1.82) is 0 Å². The minimum absolute atomic E-state index is 0. The van der Waals surface area contributed by atoms with Crippen LogP contribution in [-0.2, 0) is 9.53 Å². The maximum atomic E-state index is 11.8. The molecule has 160 valence electrons. The van der Waals surface area contributed by atoms with Gasteiger partial charge in [0, 0.05) is 33.9 Å². The Kier molecular flexibility index (Phi) is 14.5. The Labute approximate surface area is 186 Å². The molecule has 0 spiro atoms. The van der Waals surface area contributed by atoms with E-state index < -0.39 is 0 Å². The number of nitrogens with one attached hydrogen (secondary N) is 2. The average Bonchev–Trinajstić information content (AvgIpc) is 2.62. The van der Waals surface area contributed by atoms with Gasteiger partial charge in [-0.05, 0) is 44.9 Å². The lowest BCUT2D eigenvalue weighted by molar-refractivity contribution is -0.127. The van der Waals surface area contributed by atoms with Crippen molar-refractivity contribution in [3.8, 4) is 5.75 Å². The molecule has 2 N–H and O–H groups in total. The van der Waals surface area contributed by atoms with Gasteiger partial charge in [0.1, 0.15) is 18.4 Å². The van der Waals surface area contributed by atoms with E-state index in [-0.39, 0.29) is 42.5 Å². The number of carbonyl (C=O) groups is 1. The summed E-state index contributed by atoms with van der Waals surface area (Å²) in [5.41, 5.74) is 1.16. The molecule has 0 radical (unpaired) electrons. The van der Waals surface area contributed by atoms with Gasteiger partial charge in [0.2, 0.25) is 5.91 Å². The van der Waals surface area contributed by atoms with Crippen LogP contribution in [0.1, 0.15) is 25.8 Å². The molecular formula is C20H35IN4O3. The second kappa shape index (κ2) is 15.4. The molecule has 1 amide bonds. The van der Waals surface area contributed by atoms with E-state index in [1.165, 1.54) is 4.90 Å². The number of ether oxygens (including phenoxy) is 2. The van der Waals surface area contributed by atoms with Crippen LogP contribution in [0.4, 0.5) is 0 Å². The van der Waals surface area contributed by atoms with Gasteiger partial charge in [-0.15, -0.1) is 24.0 Å². The molecule has 1 aromatic rings. The van der Waals surface area contributed by atoms with Crippen molar-refractivity contribution in [1.82, 2.24) is 15.5 Å². The molecule has 0 saturated heterocycles. The van der Waals surface area contributed by atoms with Crippen LogP contribution in [0.3, 0.4) is 0 Å². The molecular weight excluding hydrogens is 471 g/mol. The number of aliphatic imine (C=N–C) groups is 1. The van der Waals surface area contributed by atoms with Crippen molar-refractivity contribution in [2.75, 3.05) is 46.9 Å². The Morgan fingerprint density at radius 2 is 2.04 bits per heavy atom. The van der Waals surface area contributed by atoms with E-state index in [4.69, 9.17) is 9.47 Å². The lowest BCUT2D eigenvalue weighted by Gasteiger charge is -2.18. The minimum Gasteiger partial charge on any atom is -0.489 e. The summed E-state index contributed by atoms with van der Waals surface area (Å²) in [5, 5.41) is 6.48. The molecule has 1 rings (SSSR count). The van der Waals surface area contributed by atoms with Crippen molar-refractivity contribution in [3.05, 3.63) is 29.8 Å². The van der Waals surface area contributed by atoms with Gasteiger partial charge in [0.25, 0.3) is 0 Å². The van der Waals surface area contributed by atoms with Gasteiger partial charge in [-0.25, -0.2) is 4.99 Å². The van der Waals surface area contributed by atoms with E-state index in [0.29, 0.717) is 25.7 Å². The molecule has 0 fully saturated rings. The standard InChI is InChI=1S/C20H34N4O3.HI/c1-6-26-12-8-11-21-20(23-15-19(25)24(4)5)22-14-17(3)27-18-10-7-9-16(2)13-18;/h7,9-10,13,17H,6,8,11-12,14-15H2,1-5H3,(H2,21,22,23);1H. The van der Waals surface area contributed by atoms with Gasteiger partial charge in [-0.2, -0.15) is 0 Å². The Hall–Kier alpha value is -1.55. The number of hydrogen-bond donors (Lipinski definition) is 2. The first-order valence-corrected chi connectivity index (χ1v) is 9.45. The SMILES string of the molecule is CCOCCCNC(=NCC(=O)N(C)C)NCC(C)Oc1cccc(C)c1.I. The van der Waals surface area contributed by atoms with E-state index in [2.05, 4.69) is 15.6 Å². The Morgan fingerprint density at radius 3 is 2.68 bits per heavy atom. The topological polar surface area (TPSA) is 75.2 Å². The average molecular weight is 506 g/mol. The number of benzene rings is 1. The highest BCUT2D eigenvalue weighted by atomic mass is 127. The van der Waals surface area contributed by atoms with Crippen molar-refractivity contribution >= 4 is 35.8 Å². The summed E-state index contributed by atoms with van der Waals surface area (Å²) in [6, 6.07) is 7.96. The Bertz CT molecular complexity index is 597. The zero-order valence-corrected chi connectivity index (χ0v) is 20.0. The zero-order valence-electron chi connectivity index (χ0n) is 17.7. The third-order valence-corrected chi connectivity index (χ3v) is 3.72. The molecule has 0 bridgehead atoms. The molecule has 1 unspecified atom stereocenters. The van der Waals surface area contributed by atoms with Crippen LogP contribution in [0, 0.1) is 6.92 Å². The third kappa shape index (κ3) is 12.0. The first-order chi connectivity index (χ1) is 12.9. The third-order valence-electron chi connectivity index (χ3n) is 3.72. The summed E-state index contributed by atoms with van der Waals surface area (Å²) in [6.07, 6.45) is 0.817. The van der Waals surface area contributed by atoms with E-state index in [9.17, 15) is 4.79 Å². The maximum absolute atomic E-state index is 11.8. The fourth-order valence-electron chi connectivity index (χ4n) is 2.19. The monoisotopic (exact) mass is 506 g/mol. The smallest absolute Gasteiger partial charge is 0.243 e. The highest BCUT2D eigenvalue weighted by Gasteiger charge is 2.08. The second-order valence-electron chi connectivity index (χ2n) is 6.56. The van der Waals surface area contributed by atoms with Gasteiger partial charge in [0.05, 0.1) is 6.54 Å². The lowest BCUT2D eigenvalue weighted by Crippen LogP contribution is -2.43. The van der Waals surface area contributed by atoms with Crippen LogP contribution >= 0.6 is 24.0 Å². The summed E-state index contributed by atoms with van der Waals surface area (Å²) >= 11 is 0. The summed E-state index contributed by atoms with van der Waals surface area (Å²) in [5.74, 6) is 1.39. The summed E-state index contributed by atoms with van der Waals surface area (Å²) in [4.78, 5) is 17.7. The number of rotatable bonds is 11. The van der Waals surface area contributed by atoms with Gasteiger partial charge in [0.15, 0.2) is 5.96 Å². The van der Waals surface area contributed by atoms with E-state index in [0.717, 1.165) is 24.3 Å².